The average Bonchev–Trinajstić information content (AvgIpc) is 2.27. The SMILES string of the molecule is COP(=O)(OC)c1nc(Cl)nc(Cl)c1C#N. The lowest BCUT2D eigenvalue weighted by Crippen LogP contribution is -2.18. The van der Waals surface area contributed by atoms with E-state index < -0.39 is 7.60 Å². The lowest BCUT2D eigenvalue weighted by molar-refractivity contribution is 0.286. The van der Waals surface area contributed by atoms with Crippen LogP contribution in [0.3, 0.4) is 0 Å². The van der Waals surface area contributed by atoms with Crippen LogP contribution in [0.2, 0.25) is 10.4 Å². The van der Waals surface area contributed by atoms with Crippen molar-refractivity contribution in [3.63, 3.8) is 0 Å². The molecular formula is C7H6Cl2N3O3P. The zero-order chi connectivity index (χ0) is 12.3. The standard InChI is InChI=1S/C7H6Cl2N3O3P/c1-14-16(13,15-2)6-4(3-10)5(8)11-7(9)12-6/h1-2H3. The van der Waals surface area contributed by atoms with Crippen LogP contribution < -0.4 is 5.44 Å². The van der Waals surface area contributed by atoms with Crippen molar-refractivity contribution >= 4 is 36.2 Å². The minimum atomic E-state index is -3.68. The van der Waals surface area contributed by atoms with E-state index in [9.17, 15) is 4.57 Å². The summed E-state index contributed by atoms with van der Waals surface area (Å²) >= 11 is 11.2. The minimum Gasteiger partial charge on any atom is -0.307 e. The molecule has 86 valence electrons. The minimum absolute atomic E-state index is 0.182. The Kier molecular flexibility index (Phi) is 4.25. The maximum atomic E-state index is 12.0. The number of hydrogen-bond donors (Lipinski definition) is 0. The highest BCUT2D eigenvalue weighted by atomic mass is 35.5. The third kappa shape index (κ3) is 2.34. The van der Waals surface area contributed by atoms with E-state index in [1.807, 2.05) is 0 Å². The van der Waals surface area contributed by atoms with Gasteiger partial charge < -0.3 is 9.05 Å². The molecule has 1 aromatic rings. The van der Waals surface area contributed by atoms with Gasteiger partial charge >= 0.3 is 7.60 Å². The summed E-state index contributed by atoms with van der Waals surface area (Å²) < 4.78 is 21.4. The number of rotatable bonds is 3. The van der Waals surface area contributed by atoms with Crippen LogP contribution >= 0.6 is 30.8 Å². The predicted octanol–water partition coefficient (Wildman–Crippen LogP) is 1.77. The normalized spacial score (nSPS) is 11.2. The first-order chi connectivity index (χ1) is 7.48. The highest BCUT2D eigenvalue weighted by Crippen LogP contribution is 2.45. The second-order valence-electron chi connectivity index (χ2n) is 2.46. The molecule has 0 amide bonds. The van der Waals surface area contributed by atoms with Gasteiger partial charge in [0.1, 0.15) is 11.6 Å². The van der Waals surface area contributed by atoms with Gasteiger partial charge in [0.25, 0.3) is 0 Å². The molecule has 0 radical (unpaired) electrons. The van der Waals surface area contributed by atoms with E-state index in [1.165, 1.54) is 0 Å². The third-order valence-corrected chi connectivity index (χ3v) is 3.92. The average molecular weight is 282 g/mol. The van der Waals surface area contributed by atoms with E-state index >= 15 is 0 Å². The zero-order valence-electron chi connectivity index (χ0n) is 8.27. The molecule has 6 nitrogen and oxygen atoms in total. The molecule has 0 atom stereocenters. The molecule has 0 aliphatic carbocycles. The molecule has 0 bridgehead atoms. The highest BCUT2D eigenvalue weighted by molar-refractivity contribution is 7.62. The zero-order valence-corrected chi connectivity index (χ0v) is 10.7. The lowest BCUT2D eigenvalue weighted by Gasteiger charge is -2.14. The quantitative estimate of drug-likeness (QED) is 0.477. The number of nitriles is 1. The Morgan fingerprint density at radius 1 is 1.31 bits per heavy atom. The number of nitrogens with zero attached hydrogens (tertiary/aromatic N) is 3. The molecule has 0 saturated heterocycles. The summed E-state index contributed by atoms with van der Waals surface area (Å²) in [6, 6.07) is 1.72. The molecule has 1 rings (SSSR count). The second-order valence-corrected chi connectivity index (χ2v) is 5.30. The van der Waals surface area contributed by atoms with Crippen molar-refractivity contribution in [3.8, 4) is 6.07 Å². The Hall–Kier alpha value is -0.700. The van der Waals surface area contributed by atoms with Gasteiger partial charge in [-0.3, -0.25) is 4.57 Å². The molecular weight excluding hydrogens is 276 g/mol. The monoisotopic (exact) mass is 281 g/mol. The van der Waals surface area contributed by atoms with Crippen LogP contribution in [-0.2, 0) is 13.6 Å². The van der Waals surface area contributed by atoms with Crippen LogP contribution in [0.25, 0.3) is 0 Å². The Labute approximate surface area is 102 Å². The van der Waals surface area contributed by atoms with Gasteiger partial charge in [-0.25, -0.2) is 9.97 Å². The summed E-state index contributed by atoms with van der Waals surface area (Å²) in [5.41, 5.74) is -0.428. The first-order valence-electron chi connectivity index (χ1n) is 3.83. The fourth-order valence-electron chi connectivity index (χ4n) is 0.939. The smallest absolute Gasteiger partial charge is 0.307 e. The Morgan fingerprint density at radius 3 is 2.31 bits per heavy atom. The van der Waals surface area contributed by atoms with E-state index in [1.54, 1.807) is 6.07 Å². The molecule has 0 aliphatic heterocycles. The van der Waals surface area contributed by atoms with Crippen LogP contribution in [0, 0.1) is 11.3 Å². The van der Waals surface area contributed by atoms with Gasteiger partial charge in [-0.1, -0.05) is 11.6 Å². The molecule has 0 spiro atoms. The topological polar surface area (TPSA) is 85.1 Å². The summed E-state index contributed by atoms with van der Waals surface area (Å²) in [5, 5.41) is 8.41. The van der Waals surface area contributed by atoms with Gasteiger partial charge in [-0.15, -0.1) is 0 Å². The van der Waals surface area contributed by atoms with E-state index in [0.717, 1.165) is 14.2 Å². The van der Waals surface area contributed by atoms with Crippen molar-refractivity contribution in [2.24, 2.45) is 0 Å². The molecule has 0 aliphatic rings. The molecule has 0 N–H and O–H groups in total. The van der Waals surface area contributed by atoms with E-state index in [-0.39, 0.29) is 21.4 Å². The maximum absolute atomic E-state index is 12.0. The maximum Gasteiger partial charge on any atom is 0.380 e. The Balaban J connectivity index is 3.56. The molecule has 0 unspecified atom stereocenters. The first-order valence-corrected chi connectivity index (χ1v) is 6.13. The van der Waals surface area contributed by atoms with Crippen LogP contribution in [-0.4, -0.2) is 24.2 Å². The second kappa shape index (κ2) is 5.09. The van der Waals surface area contributed by atoms with E-state index in [2.05, 4.69) is 9.97 Å². The fourth-order valence-corrected chi connectivity index (χ4v) is 2.63. The van der Waals surface area contributed by atoms with Gasteiger partial charge in [0.2, 0.25) is 5.28 Å². The van der Waals surface area contributed by atoms with Gasteiger partial charge in [0.05, 0.1) is 0 Å². The van der Waals surface area contributed by atoms with Crippen molar-refractivity contribution < 1.29 is 13.6 Å². The van der Waals surface area contributed by atoms with Gasteiger partial charge in [0, 0.05) is 14.2 Å². The molecule has 1 aromatic heterocycles. The van der Waals surface area contributed by atoms with Gasteiger partial charge in [-0.2, -0.15) is 5.26 Å². The van der Waals surface area contributed by atoms with Gasteiger partial charge in [-0.05, 0) is 11.6 Å². The van der Waals surface area contributed by atoms with Crippen LogP contribution in [0.4, 0.5) is 0 Å². The van der Waals surface area contributed by atoms with E-state index in [0.29, 0.717) is 0 Å². The predicted molar refractivity (Wildman–Crippen MR) is 58.0 cm³/mol. The van der Waals surface area contributed by atoms with Crippen molar-refractivity contribution in [3.05, 3.63) is 16.0 Å². The van der Waals surface area contributed by atoms with Crippen LogP contribution in [0.5, 0.6) is 0 Å². The molecule has 0 aromatic carbocycles. The lowest BCUT2D eigenvalue weighted by atomic mass is 10.4. The molecule has 16 heavy (non-hydrogen) atoms. The molecule has 1 heterocycles. The highest BCUT2D eigenvalue weighted by Gasteiger charge is 2.32. The van der Waals surface area contributed by atoms with Crippen molar-refractivity contribution in [2.45, 2.75) is 0 Å². The summed E-state index contributed by atoms with van der Waals surface area (Å²) in [5.74, 6) is 0. The van der Waals surface area contributed by atoms with Gasteiger partial charge in [0.15, 0.2) is 10.6 Å². The molecule has 0 saturated carbocycles. The number of hydrogen-bond acceptors (Lipinski definition) is 6. The van der Waals surface area contributed by atoms with Crippen LogP contribution in [0.1, 0.15) is 5.56 Å². The first kappa shape index (κ1) is 13.4. The van der Waals surface area contributed by atoms with Crippen LogP contribution in [0.15, 0.2) is 0 Å². The van der Waals surface area contributed by atoms with Crippen molar-refractivity contribution in [2.75, 3.05) is 14.2 Å². The number of aromatic nitrogens is 2. The molecule has 0 fully saturated rings. The summed E-state index contributed by atoms with van der Waals surface area (Å²) in [6.45, 7) is 0. The molecule has 9 heteroatoms. The third-order valence-electron chi connectivity index (χ3n) is 1.67. The van der Waals surface area contributed by atoms with Crippen molar-refractivity contribution in [1.29, 1.82) is 5.26 Å². The largest absolute Gasteiger partial charge is 0.380 e. The summed E-state index contributed by atoms with van der Waals surface area (Å²) in [7, 11) is -1.36. The van der Waals surface area contributed by atoms with Crippen molar-refractivity contribution in [1.82, 2.24) is 9.97 Å². The Morgan fingerprint density at radius 2 is 1.88 bits per heavy atom. The fraction of sp³-hybridized carbons (Fsp3) is 0.286. The van der Waals surface area contributed by atoms with E-state index in [4.69, 9.17) is 37.5 Å². The number of halogens is 2. The summed E-state index contributed by atoms with van der Waals surface area (Å²) in [6.07, 6.45) is 0. The Bertz CT molecular complexity index is 494. The summed E-state index contributed by atoms with van der Waals surface area (Å²) in [4.78, 5) is 7.21.